The van der Waals surface area contributed by atoms with E-state index in [1.807, 2.05) is 16.9 Å². The third-order valence-corrected chi connectivity index (χ3v) is 1.24. The molecule has 0 aliphatic heterocycles. The molecule has 7 nitrogen and oxygen atoms in total. The molecule has 0 saturated heterocycles. The van der Waals surface area contributed by atoms with E-state index in [0.717, 1.165) is 0 Å². The van der Waals surface area contributed by atoms with Crippen LogP contribution in [-0.2, 0) is 0 Å². The van der Waals surface area contributed by atoms with E-state index in [2.05, 4.69) is 36.1 Å². The van der Waals surface area contributed by atoms with Gasteiger partial charge in [-0.1, -0.05) is 33.1 Å². The lowest BCUT2D eigenvalue weighted by atomic mass is 10.3. The normalized spacial score (nSPS) is 6.63. The molecule has 0 aliphatic rings. The van der Waals surface area contributed by atoms with E-state index in [0.29, 0.717) is 5.75 Å². The van der Waals surface area contributed by atoms with Gasteiger partial charge in [0.2, 0.25) is 0 Å². The van der Waals surface area contributed by atoms with Gasteiger partial charge in [-0.2, -0.15) is 0 Å². The van der Waals surface area contributed by atoms with Crippen LogP contribution in [-0.4, -0.2) is 25.7 Å². The van der Waals surface area contributed by atoms with Gasteiger partial charge in [0.05, 0.1) is 0 Å². The molecule has 0 aliphatic carbocycles. The van der Waals surface area contributed by atoms with E-state index in [4.69, 9.17) is 15.3 Å². The first-order chi connectivity index (χ1) is 7.93. The van der Waals surface area contributed by atoms with Crippen LogP contribution in [0.3, 0.4) is 0 Å². The summed E-state index contributed by atoms with van der Waals surface area (Å²) in [5.74, 6) is 9.38. The van der Waals surface area contributed by atoms with E-state index >= 15 is 0 Å². The zero-order valence-electron chi connectivity index (χ0n) is 8.70. The van der Waals surface area contributed by atoms with Gasteiger partial charge in [-0.25, -0.2) is 11.7 Å². The number of thiocarbonyl (C=S) groups is 2. The topological polar surface area (TPSA) is 137 Å². The summed E-state index contributed by atoms with van der Waals surface area (Å²) in [7, 11) is 0. The molecule has 0 spiro atoms. The Bertz CT molecular complexity index is 312. The molecule has 1 rings (SSSR count). The van der Waals surface area contributed by atoms with Crippen molar-refractivity contribution in [1.29, 1.82) is 0 Å². The summed E-state index contributed by atoms with van der Waals surface area (Å²) in [5, 5.41) is 23.6. The summed E-state index contributed by atoms with van der Waals surface area (Å²) in [4.78, 5) is 0. The molecule has 0 atom stereocenters. The number of aliphatic hydroxyl groups excluding tert-OH is 2. The summed E-state index contributed by atoms with van der Waals surface area (Å²) >= 11 is 8.03. The first kappa shape index (κ1) is 26.0. The quantitative estimate of drug-likeness (QED) is 0.214. The summed E-state index contributed by atoms with van der Waals surface area (Å²) < 4.78 is 0. The molecule has 112 valence electrons. The molecule has 0 amide bonds. The minimum Gasteiger partial charge on any atom is -0.508 e. The molecule has 9 heteroatoms. The highest BCUT2D eigenvalue weighted by Gasteiger charge is 1.74. The molecule has 0 radical (unpaired) electrons. The van der Waals surface area contributed by atoms with Gasteiger partial charge < -0.3 is 15.3 Å². The number of aromatic hydroxyl groups is 1. The lowest BCUT2D eigenvalue weighted by molar-refractivity contribution is 0.475. The van der Waals surface area contributed by atoms with Gasteiger partial charge >= 0.3 is 0 Å². The fourth-order valence-electron chi connectivity index (χ4n) is 0.428. The predicted octanol–water partition coefficient (Wildman–Crippen LogP) is 1.25. The van der Waals surface area contributed by atoms with Gasteiger partial charge in [0, 0.05) is 0 Å². The fraction of sp³-hybridized carbons (Fsp3) is 0.200. The Morgan fingerprint density at radius 3 is 1.26 bits per heavy atom. The summed E-state index contributed by atoms with van der Waals surface area (Å²) in [6, 6.07) is 8.71. The van der Waals surface area contributed by atoms with Crippen LogP contribution in [0.4, 0.5) is 0 Å². The van der Waals surface area contributed by atoms with Gasteiger partial charge in [0.1, 0.15) is 5.75 Å². The van der Waals surface area contributed by atoms with Crippen molar-refractivity contribution in [2.75, 3.05) is 0 Å². The van der Waals surface area contributed by atoms with Crippen LogP contribution in [0.1, 0.15) is 14.9 Å². The highest BCUT2D eigenvalue weighted by atomic mass is 32.1. The van der Waals surface area contributed by atoms with E-state index < -0.39 is 0 Å². The molecule has 1 aromatic rings. The second kappa shape index (κ2) is 18.7. The van der Waals surface area contributed by atoms with Crippen LogP contribution >= 0.6 is 24.4 Å². The zero-order valence-corrected chi connectivity index (χ0v) is 10.3. The Labute approximate surface area is 124 Å². The number of nitrogens with one attached hydrogen (secondary N) is 2. The van der Waals surface area contributed by atoms with E-state index in [1.165, 1.54) is 0 Å². The number of hydrazine groups is 2. The molecular weight excluding hydrogens is 288 g/mol. The van der Waals surface area contributed by atoms with Crippen molar-refractivity contribution in [3.63, 3.8) is 0 Å². The number of aliphatic hydroxyl groups is 2. The minimum atomic E-state index is -0.384. The zero-order chi connectivity index (χ0) is 13.7. The van der Waals surface area contributed by atoms with Crippen molar-refractivity contribution in [2.24, 2.45) is 11.7 Å². The maximum Gasteiger partial charge on any atom is 0.268 e. The monoisotopic (exact) mass is 310 g/mol. The summed E-state index contributed by atoms with van der Waals surface area (Å²) in [6.07, 6.45) is 0. The molecule has 9 N–H and O–H groups in total. The van der Waals surface area contributed by atoms with E-state index in [1.54, 1.807) is 24.3 Å². The number of rotatable bonds is 0. The SMILES string of the molecule is C.C.NNC(O)=S.NNC(O)=S.Oc1ccccc1. The average molecular weight is 310 g/mol. The Balaban J connectivity index is -0.0000000866. The molecule has 0 saturated carbocycles. The van der Waals surface area contributed by atoms with Gasteiger partial charge in [0.15, 0.2) is 0 Å². The molecule has 19 heavy (non-hydrogen) atoms. The van der Waals surface area contributed by atoms with Gasteiger partial charge in [-0.15, -0.1) is 0 Å². The van der Waals surface area contributed by atoms with Crippen LogP contribution in [0.15, 0.2) is 30.3 Å². The smallest absolute Gasteiger partial charge is 0.268 e. The van der Waals surface area contributed by atoms with Crippen molar-refractivity contribution in [1.82, 2.24) is 10.9 Å². The van der Waals surface area contributed by atoms with E-state index in [9.17, 15) is 0 Å². The first-order valence-electron chi connectivity index (χ1n) is 4.07. The van der Waals surface area contributed by atoms with Crippen LogP contribution in [0.2, 0.25) is 0 Å². The number of para-hydroxylation sites is 1. The lowest BCUT2D eigenvalue weighted by Gasteiger charge is -1.83. The lowest BCUT2D eigenvalue weighted by Crippen LogP contribution is -2.27. The van der Waals surface area contributed by atoms with Crippen molar-refractivity contribution >= 4 is 34.8 Å². The molecule has 0 bridgehead atoms. The summed E-state index contributed by atoms with van der Waals surface area (Å²) in [5.41, 5.74) is 3.63. The Morgan fingerprint density at radius 2 is 1.16 bits per heavy atom. The number of hydrogen-bond donors (Lipinski definition) is 7. The van der Waals surface area contributed by atoms with Gasteiger partial charge in [0.25, 0.3) is 10.3 Å². The van der Waals surface area contributed by atoms with Crippen molar-refractivity contribution in [3.8, 4) is 5.75 Å². The first-order valence-corrected chi connectivity index (χ1v) is 4.88. The molecule has 0 unspecified atom stereocenters. The number of phenolic OH excluding ortho intramolecular Hbond substituents is 1. The van der Waals surface area contributed by atoms with E-state index in [-0.39, 0.29) is 25.2 Å². The van der Waals surface area contributed by atoms with Crippen LogP contribution in [0.25, 0.3) is 0 Å². The number of phenols is 1. The molecular formula is C10H22N4O3S2. The maximum absolute atomic E-state index is 8.63. The fourth-order valence-corrected chi connectivity index (χ4v) is 0.428. The second-order valence-electron chi connectivity index (χ2n) is 2.23. The van der Waals surface area contributed by atoms with Crippen LogP contribution in [0.5, 0.6) is 5.75 Å². The Kier molecular flexibility index (Phi) is 25.6. The molecule has 0 heterocycles. The number of nitrogens with two attached hydrogens (primary N) is 2. The van der Waals surface area contributed by atoms with Gasteiger partial charge in [-0.05, 0) is 36.6 Å². The van der Waals surface area contributed by atoms with Crippen molar-refractivity contribution in [2.45, 2.75) is 14.9 Å². The Morgan fingerprint density at radius 1 is 0.895 bits per heavy atom. The minimum absolute atomic E-state index is 0. The van der Waals surface area contributed by atoms with Crippen LogP contribution < -0.4 is 22.5 Å². The van der Waals surface area contributed by atoms with Crippen molar-refractivity contribution in [3.05, 3.63) is 30.3 Å². The Hall–Kier alpha value is -1.68. The third-order valence-electron chi connectivity index (χ3n) is 1.00. The highest BCUT2D eigenvalue weighted by molar-refractivity contribution is 7.80. The number of hydrogen-bond acceptors (Lipinski definition) is 5. The van der Waals surface area contributed by atoms with Crippen LogP contribution in [0, 0.1) is 0 Å². The average Bonchev–Trinajstić information content (AvgIpc) is 2.31. The molecule has 0 aromatic heterocycles. The second-order valence-corrected chi connectivity index (χ2v) is 3.01. The van der Waals surface area contributed by atoms with Crippen molar-refractivity contribution < 1.29 is 15.3 Å². The molecule has 1 aromatic carbocycles. The third kappa shape index (κ3) is 31.4. The highest BCUT2D eigenvalue weighted by Crippen LogP contribution is 2.02. The molecule has 0 fully saturated rings. The summed E-state index contributed by atoms with van der Waals surface area (Å²) in [6.45, 7) is 0. The largest absolute Gasteiger partial charge is 0.508 e. The maximum atomic E-state index is 8.63. The van der Waals surface area contributed by atoms with Gasteiger partial charge in [-0.3, -0.25) is 10.9 Å². The predicted molar refractivity (Wildman–Crippen MR) is 86.7 cm³/mol. The standard InChI is InChI=1S/C6H6O.2CH4N2OS.2CH4/c7-6-4-2-1-3-5-6;2*2-3-1(4)5;;/h1-5,7H;2*2H2,(H2,3,4,5);2*1H4. The number of benzene rings is 1.